The summed E-state index contributed by atoms with van der Waals surface area (Å²) in [5.74, 6) is 3.88. The summed E-state index contributed by atoms with van der Waals surface area (Å²) in [5.41, 5.74) is 0. The number of nitrogens with zero attached hydrogens (tertiary/aromatic N) is 5. The molecule has 1 aromatic heterocycles. The summed E-state index contributed by atoms with van der Waals surface area (Å²) in [4.78, 5) is 4.98. The van der Waals surface area contributed by atoms with Crippen molar-refractivity contribution in [3.05, 3.63) is 5.82 Å². The molecule has 3 fully saturated rings. The Kier molecular flexibility index (Phi) is 5.03. The molecule has 24 heavy (non-hydrogen) atoms. The fraction of sp³-hybridized carbons (Fsp3) is 0.889. The van der Waals surface area contributed by atoms with Crippen molar-refractivity contribution in [1.29, 1.82) is 0 Å². The smallest absolute Gasteiger partial charge is 0.227 e. The zero-order valence-electron chi connectivity index (χ0n) is 15.0. The minimum Gasteiger partial charge on any atom is -0.381 e. The van der Waals surface area contributed by atoms with E-state index >= 15 is 0 Å². The fourth-order valence-corrected chi connectivity index (χ4v) is 4.68. The second kappa shape index (κ2) is 7.40. The Bertz CT molecular complexity index is 534. The third kappa shape index (κ3) is 3.31. The highest BCUT2D eigenvalue weighted by molar-refractivity contribution is 5.33. The maximum Gasteiger partial charge on any atom is 0.227 e. The van der Waals surface area contributed by atoms with Crippen LogP contribution in [0.15, 0.2) is 0 Å². The molecule has 0 aliphatic carbocycles. The lowest BCUT2D eigenvalue weighted by Gasteiger charge is -2.27. The van der Waals surface area contributed by atoms with Crippen molar-refractivity contribution < 1.29 is 4.74 Å². The minimum atomic E-state index is 0.804. The second-order valence-corrected chi connectivity index (χ2v) is 7.59. The van der Waals surface area contributed by atoms with E-state index in [1.54, 1.807) is 0 Å². The Balaban J connectivity index is 1.43. The number of hydrogen-bond donors (Lipinski definition) is 0. The van der Waals surface area contributed by atoms with Crippen LogP contribution in [0.5, 0.6) is 0 Å². The van der Waals surface area contributed by atoms with E-state index in [2.05, 4.69) is 31.5 Å². The van der Waals surface area contributed by atoms with Gasteiger partial charge in [0.05, 0.1) is 6.54 Å². The van der Waals surface area contributed by atoms with Crippen molar-refractivity contribution >= 4 is 5.95 Å². The average molecular weight is 333 g/mol. The van der Waals surface area contributed by atoms with E-state index in [1.807, 2.05) is 0 Å². The monoisotopic (exact) mass is 333 g/mol. The van der Waals surface area contributed by atoms with Crippen molar-refractivity contribution in [2.45, 2.75) is 52.1 Å². The molecule has 1 aromatic rings. The third-order valence-electron chi connectivity index (χ3n) is 6.13. The zero-order valence-corrected chi connectivity index (χ0v) is 15.0. The molecule has 0 spiro atoms. The maximum atomic E-state index is 5.53. The van der Waals surface area contributed by atoms with Gasteiger partial charge in [0.2, 0.25) is 5.95 Å². The maximum absolute atomic E-state index is 5.53. The standard InChI is InChI=1S/C18H31N5O/c1-2-23-17(14-21-8-3-4-9-21)19-20-18(23)22-10-5-16(13-22)15-6-11-24-12-7-15/h15-16H,2-14H2,1H3. The molecule has 0 bridgehead atoms. The number of aromatic nitrogens is 3. The number of hydrogen-bond acceptors (Lipinski definition) is 5. The van der Waals surface area contributed by atoms with Crippen LogP contribution in [0, 0.1) is 11.8 Å². The van der Waals surface area contributed by atoms with Crippen LogP contribution in [-0.2, 0) is 17.8 Å². The Morgan fingerprint density at radius 3 is 2.54 bits per heavy atom. The first-order valence-corrected chi connectivity index (χ1v) is 9.82. The number of likely N-dealkylation sites (tertiary alicyclic amines) is 1. The van der Waals surface area contributed by atoms with Crippen LogP contribution in [0.4, 0.5) is 5.95 Å². The topological polar surface area (TPSA) is 46.4 Å². The molecule has 4 rings (SSSR count). The first-order valence-electron chi connectivity index (χ1n) is 9.82. The SMILES string of the molecule is CCn1c(CN2CCCC2)nnc1N1CCC(C2CCOCC2)C1. The zero-order chi connectivity index (χ0) is 16.4. The van der Waals surface area contributed by atoms with Crippen molar-refractivity contribution in [2.75, 3.05) is 44.3 Å². The molecule has 1 unspecified atom stereocenters. The minimum absolute atomic E-state index is 0.804. The van der Waals surface area contributed by atoms with Crippen LogP contribution in [-0.4, -0.2) is 59.1 Å². The third-order valence-corrected chi connectivity index (χ3v) is 6.13. The summed E-state index contributed by atoms with van der Waals surface area (Å²) in [6.45, 7) is 10.7. The number of anilines is 1. The van der Waals surface area contributed by atoms with E-state index < -0.39 is 0 Å². The molecule has 3 aliphatic heterocycles. The predicted octanol–water partition coefficient (Wildman–Crippen LogP) is 2.15. The molecule has 134 valence electrons. The Labute approximate surface area is 145 Å². The van der Waals surface area contributed by atoms with Gasteiger partial charge in [0.25, 0.3) is 0 Å². The van der Waals surface area contributed by atoms with Gasteiger partial charge in [-0.25, -0.2) is 0 Å². The van der Waals surface area contributed by atoms with E-state index in [9.17, 15) is 0 Å². The van der Waals surface area contributed by atoms with E-state index in [0.29, 0.717) is 0 Å². The van der Waals surface area contributed by atoms with Crippen molar-refractivity contribution in [2.24, 2.45) is 11.8 Å². The first kappa shape index (κ1) is 16.3. The quantitative estimate of drug-likeness (QED) is 0.826. The van der Waals surface area contributed by atoms with Gasteiger partial charge in [0.1, 0.15) is 5.82 Å². The molecule has 0 radical (unpaired) electrons. The molecular weight excluding hydrogens is 302 g/mol. The first-order chi connectivity index (χ1) is 11.8. The van der Waals surface area contributed by atoms with Crippen LogP contribution >= 0.6 is 0 Å². The summed E-state index contributed by atoms with van der Waals surface area (Å²) < 4.78 is 7.87. The van der Waals surface area contributed by atoms with E-state index in [0.717, 1.165) is 63.0 Å². The number of rotatable bonds is 5. The molecule has 6 nitrogen and oxygen atoms in total. The van der Waals surface area contributed by atoms with E-state index in [1.165, 1.54) is 45.2 Å². The van der Waals surface area contributed by atoms with Crippen LogP contribution in [0.3, 0.4) is 0 Å². The molecule has 0 N–H and O–H groups in total. The highest BCUT2D eigenvalue weighted by atomic mass is 16.5. The summed E-state index contributed by atoms with van der Waals surface area (Å²) >= 11 is 0. The van der Waals surface area contributed by atoms with Gasteiger partial charge in [0.15, 0.2) is 0 Å². The molecule has 0 aromatic carbocycles. The number of ether oxygens (including phenoxy) is 1. The van der Waals surface area contributed by atoms with Gasteiger partial charge in [-0.05, 0) is 64.0 Å². The molecule has 0 amide bonds. The molecule has 0 saturated carbocycles. The van der Waals surface area contributed by atoms with Crippen LogP contribution < -0.4 is 4.90 Å². The van der Waals surface area contributed by atoms with E-state index in [4.69, 9.17) is 4.74 Å². The molecule has 1 atom stereocenters. The van der Waals surface area contributed by atoms with Gasteiger partial charge >= 0.3 is 0 Å². The van der Waals surface area contributed by atoms with Crippen LogP contribution in [0.25, 0.3) is 0 Å². The van der Waals surface area contributed by atoms with Crippen molar-refractivity contribution in [3.8, 4) is 0 Å². The van der Waals surface area contributed by atoms with Gasteiger partial charge in [-0.3, -0.25) is 9.47 Å². The second-order valence-electron chi connectivity index (χ2n) is 7.59. The van der Waals surface area contributed by atoms with Crippen molar-refractivity contribution in [3.63, 3.8) is 0 Å². The highest BCUT2D eigenvalue weighted by Gasteiger charge is 2.33. The van der Waals surface area contributed by atoms with E-state index in [-0.39, 0.29) is 0 Å². The predicted molar refractivity (Wildman–Crippen MR) is 94.1 cm³/mol. The lowest BCUT2D eigenvalue weighted by molar-refractivity contribution is 0.0500. The summed E-state index contributed by atoms with van der Waals surface area (Å²) in [6.07, 6.45) is 6.42. The average Bonchev–Trinajstić information content (AvgIpc) is 3.36. The molecule has 6 heteroatoms. The lowest BCUT2D eigenvalue weighted by Crippen LogP contribution is -2.28. The lowest BCUT2D eigenvalue weighted by atomic mass is 9.85. The summed E-state index contributed by atoms with van der Waals surface area (Å²) in [5, 5.41) is 9.12. The summed E-state index contributed by atoms with van der Waals surface area (Å²) in [7, 11) is 0. The highest BCUT2D eigenvalue weighted by Crippen LogP contribution is 2.33. The van der Waals surface area contributed by atoms with Gasteiger partial charge < -0.3 is 9.64 Å². The van der Waals surface area contributed by atoms with Gasteiger partial charge in [-0.15, -0.1) is 10.2 Å². The Hall–Kier alpha value is -1.14. The molecule has 3 aliphatic rings. The molecule has 4 heterocycles. The molecular formula is C18H31N5O. The van der Waals surface area contributed by atoms with Crippen molar-refractivity contribution in [1.82, 2.24) is 19.7 Å². The van der Waals surface area contributed by atoms with Gasteiger partial charge in [-0.2, -0.15) is 0 Å². The van der Waals surface area contributed by atoms with Crippen LogP contribution in [0.2, 0.25) is 0 Å². The van der Waals surface area contributed by atoms with Crippen LogP contribution in [0.1, 0.15) is 44.9 Å². The Morgan fingerprint density at radius 1 is 1.00 bits per heavy atom. The normalized spacial score (nSPS) is 26.5. The van der Waals surface area contributed by atoms with Gasteiger partial charge in [-0.1, -0.05) is 0 Å². The largest absolute Gasteiger partial charge is 0.381 e. The fourth-order valence-electron chi connectivity index (χ4n) is 4.68. The Morgan fingerprint density at radius 2 is 1.79 bits per heavy atom. The van der Waals surface area contributed by atoms with Gasteiger partial charge in [0, 0.05) is 32.8 Å². The summed E-state index contributed by atoms with van der Waals surface area (Å²) in [6, 6.07) is 0. The molecule has 3 saturated heterocycles.